The minimum absolute atomic E-state index is 0. The monoisotopic (exact) mass is 362 g/mol. The number of aliphatic imine (C=N–C) groups is 1. The summed E-state index contributed by atoms with van der Waals surface area (Å²) < 4.78 is 6.41. The second kappa shape index (κ2) is 8.92. The van der Waals surface area contributed by atoms with Crippen molar-refractivity contribution in [1.82, 2.24) is 4.57 Å². The van der Waals surface area contributed by atoms with Crippen molar-refractivity contribution in [1.29, 1.82) is 0 Å². The van der Waals surface area contributed by atoms with Crippen molar-refractivity contribution in [2.75, 3.05) is 7.11 Å². The molecule has 22 heavy (non-hydrogen) atoms. The third-order valence-corrected chi connectivity index (χ3v) is 3.94. The Balaban J connectivity index is 0.00000242. The van der Waals surface area contributed by atoms with Crippen LogP contribution in [0.1, 0.15) is 4.88 Å². The van der Waals surface area contributed by atoms with Gasteiger partial charge in [0.1, 0.15) is 10.6 Å². The summed E-state index contributed by atoms with van der Waals surface area (Å²) in [5.41, 5.74) is 0.638. The molecule has 2 rings (SSSR count). The van der Waals surface area contributed by atoms with E-state index in [9.17, 15) is 15.0 Å². The van der Waals surface area contributed by atoms with Gasteiger partial charge in [-0.3, -0.25) is 9.56 Å². The van der Waals surface area contributed by atoms with Crippen LogP contribution < -0.4 is 61.2 Å². The maximum atomic E-state index is 10.6. The van der Waals surface area contributed by atoms with E-state index in [0.717, 1.165) is 15.9 Å². The van der Waals surface area contributed by atoms with E-state index in [-0.39, 0.29) is 61.2 Å². The zero-order valence-electron chi connectivity index (χ0n) is 12.0. The molecule has 1 heterocycles. The third kappa shape index (κ3) is 4.98. The second-order valence-corrected chi connectivity index (χ2v) is 5.65. The summed E-state index contributed by atoms with van der Waals surface area (Å²) in [6.45, 7) is -0.492. The van der Waals surface area contributed by atoms with E-state index in [2.05, 4.69) is 4.99 Å². The molecule has 1 N–H and O–H groups in total. The number of ether oxygens (including phenoxy) is 1. The van der Waals surface area contributed by atoms with Gasteiger partial charge in [0.15, 0.2) is 3.95 Å². The first kappa shape index (κ1) is 19.5. The zero-order valence-corrected chi connectivity index (χ0v) is 16.7. The van der Waals surface area contributed by atoms with Gasteiger partial charge in [-0.05, 0) is 24.4 Å². The molecule has 0 saturated carbocycles. The number of methoxy groups -OCH3 is 1. The van der Waals surface area contributed by atoms with Gasteiger partial charge in [0, 0.05) is 6.07 Å². The van der Waals surface area contributed by atoms with Crippen molar-refractivity contribution in [3.8, 4) is 11.6 Å². The van der Waals surface area contributed by atoms with Crippen LogP contribution in [0.25, 0.3) is 0 Å². The molecular weight excluding hydrogens is 351 g/mol. The van der Waals surface area contributed by atoms with Crippen LogP contribution in [0.15, 0.2) is 29.3 Å². The molecule has 0 atom stereocenters. The van der Waals surface area contributed by atoms with Gasteiger partial charge in [-0.15, -0.1) is 0 Å². The van der Waals surface area contributed by atoms with Crippen molar-refractivity contribution in [2.45, 2.75) is 6.54 Å². The fourth-order valence-corrected chi connectivity index (χ4v) is 2.77. The summed E-state index contributed by atoms with van der Waals surface area (Å²) in [6, 6.07) is 7.07. The molecule has 0 aliphatic heterocycles. The summed E-state index contributed by atoms with van der Waals surface area (Å²) in [5, 5.41) is 20.5. The van der Waals surface area contributed by atoms with Crippen LogP contribution in [-0.2, 0) is 11.3 Å². The number of aliphatic carboxylic acids is 1. The van der Waals surface area contributed by atoms with Crippen molar-refractivity contribution in [3.05, 3.63) is 33.1 Å². The number of nitrogens with zero attached hydrogens (tertiary/aromatic N) is 2. The summed E-state index contributed by atoms with van der Waals surface area (Å²) >= 11 is 6.07. The van der Waals surface area contributed by atoms with Crippen LogP contribution in [0.4, 0.5) is 5.69 Å². The van der Waals surface area contributed by atoms with E-state index in [4.69, 9.17) is 17.0 Å². The van der Waals surface area contributed by atoms with Crippen molar-refractivity contribution in [3.63, 3.8) is 0 Å². The molecular formula is C13H11KN2O4S2. The molecule has 0 aliphatic rings. The SMILES string of the molecule is COc1cccc(N=Cc2sc(=S)n(CC(=O)[O-])c2O)c1.[K+]. The number of aromatic hydroxyl groups is 1. The van der Waals surface area contributed by atoms with Crippen LogP contribution in [0.2, 0.25) is 0 Å². The number of carboxylic acid groups (broad SMARTS) is 1. The number of carbonyl (C=O) groups excluding carboxylic acids is 1. The zero-order chi connectivity index (χ0) is 15.4. The number of thiazole rings is 1. The average Bonchev–Trinajstić information content (AvgIpc) is 2.72. The van der Waals surface area contributed by atoms with Crippen LogP contribution in [-0.4, -0.2) is 29.0 Å². The van der Waals surface area contributed by atoms with Gasteiger partial charge in [0.05, 0.1) is 31.5 Å². The van der Waals surface area contributed by atoms with Gasteiger partial charge in [0.2, 0.25) is 5.88 Å². The van der Waals surface area contributed by atoms with Crippen LogP contribution >= 0.6 is 23.6 Å². The Hall–Kier alpha value is -0.554. The molecule has 0 spiro atoms. The molecule has 9 heteroatoms. The molecule has 0 amide bonds. The quantitative estimate of drug-likeness (QED) is 0.397. The Morgan fingerprint density at radius 2 is 2.32 bits per heavy atom. The molecule has 0 bridgehead atoms. The Bertz CT molecular complexity index is 755. The van der Waals surface area contributed by atoms with Crippen molar-refractivity contribution < 1.29 is 71.1 Å². The number of rotatable bonds is 5. The van der Waals surface area contributed by atoms with Crippen molar-refractivity contribution >= 4 is 41.4 Å². The molecule has 110 valence electrons. The number of aromatic nitrogens is 1. The number of hydrogen-bond donors (Lipinski definition) is 1. The minimum Gasteiger partial charge on any atom is -0.548 e. The maximum Gasteiger partial charge on any atom is 1.00 e. The minimum atomic E-state index is -1.32. The van der Waals surface area contributed by atoms with Gasteiger partial charge in [-0.2, -0.15) is 0 Å². The first-order chi connectivity index (χ1) is 10.0. The summed E-state index contributed by atoms with van der Waals surface area (Å²) in [7, 11) is 1.56. The number of carboxylic acids is 1. The topological polar surface area (TPSA) is 86.9 Å². The summed E-state index contributed by atoms with van der Waals surface area (Å²) in [5.74, 6) is -0.896. The van der Waals surface area contributed by atoms with Crippen molar-refractivity contribution in [2.24, 2.45) is 4.99 Å². The molecule has 0 radical (unpaired) electrons. The van der Waals surface area contributed by atoms with Crippen LogP contribution in [0.3, 0.4) is 0 Å². The normalized spacial score (nSPS) is 10.4. The largest absolute Gasteiger partial charge is 1.00 e. The van der Waals surface area contributed by atoms with Crippen LogP contribution in [0.5, 0.6) is 11.6 Å². The molecule has 0 unspecified atom stereocenters. The Kier molecular flexibility index (Phi) is 7.90. The fraction of sp³-hybridized carbons (Fsp3) is 0.154. The van der Waals surface area contributed by atoms with Gasteiger partial charge >= 0.3 is 51.4 Å². The van der Waals surface area contributed by atoms with E-state index in [0.29, 0.717) is 16.3 Å². The standard InChI is InChI=1S/C13H12N2O4S2.K/c1-19-9-4-2-3-8(5-9)14-6-10-12(18)15(7-11(16)17)13(20)21-10;/h2-6,18H,7H2,1H3,(H,16,17);/q;+1/p-1. The first-order valence-corrected chi connectivity index (χ1v) is 7.04. The summed E-state index contributed by atoms with van der Waals surface area (Å²) in [6.07, 6.45) is 1.43. The fourth-order valence-electron chi connectivity index (χ4n) is 1.59. The van der Waals surface area contributed by atoms with E-state index in [1.54, 1.807) is 31.4 Å². The molecule has 1 aromatic heterocycles. The average molecular weight is 362 g/mol. The van der Waals surface area contributed by atoms with E-state index < -0.39 is 12.5 Å². The van der Waals surface area contributed by atoms with E-state index >= 15 is 0 Å². The van der Waals surface area contributed by atoms with E-state index in [1.165, 1.54) is 6.21 Å². The molecule has 6 nitrogen and oxygen atoms in total. The Morgan fingerprint density at radius 1 is 1.59 bits per heavy atom. The summed E-state index contributed by atoms with van der Waals surface area (Å²) in [4.78, 5) is 15.2. The molecule has 1 aromatic carbocycles. The molecule has 0 saturated heterocycles. The molecule has 2 aromatic rings. The van der Waals surface area contributed by atoms with Gasteiger partial charge in [0.25, 0.3) is 0 Å². The van der Waals surface area contributed by atoms with Gasteiger partial charge < -0.3 is 19.7 Å². The molecule has 0 aliphatic carbocycles. The maximum absolute atomic E-state index is 10.6. The first-order valence-electron chi connectivity index (χ1n) is 5.82. The smallest absolute Gasteiger partial charge is 0.548 e. The van der Waals surface area contributed by atoms with Gasteiger partial charge in [-0.1, -0.05) is 17.4 Å². The Labute approximate surface area is 178 Å². The van der Waals surface area contributed by atoms with E-state index in [1.807, 2.05) is 0 Å². The Morgan fingerprint density at radius 3 is 2.95 bits per heavy atom. The third-order valence-electron chi connectivity index (χ3n) is 2.57. The van der Waals surface area contributed by atoms with Crippen LogP contribution in [0, 0.1) is 3.95 Å². The number of benzene rings is 1. The number of hydrogen-bond acceptors (Lipinski definition) is 7. The predicted molar refractivity (Wildman–Crippen MR) is 80.1 cm³/mol. The predicted octanol–water partition coefficient (Wildman–Crippen LogP) is -1.50. The number of carbonyl (C=O) groups is 1. The molecule has 0 fully saturated rings. The second-order valence-electron chi connectivity index (χ2n) is 3.97. The van der Waals surface area contributed by atoms with Gasteiger partial charge in [-0.25, -0.2) is 0 Å².